The van der Waals surface area contributed by atoms with Gasteiger partial charge in [-0.2, -0.15) is 5.48 Å². The van der Waals surface area contributed by atoms with E-state index < -0.39 is 0 Å². The molecule has 1 aliphatic heterocycles. The summed E-state index contributed by atoms with van der Waals surface area (Å²) >= 11 is 0. The van der Waals surface area contributed by atoms with Gasteiger partial charge in [0.15, 0.2) is 0 Å². The molecule has 0 radical (unpaired) electrons. The van der Waals surface area contributed by atoms with Crippen molar-refractivity contribution in [1.29, 1.82) is 0 Å². The quantitative estimate of drug-likeness (QED) is 0.842. The van der Waals surface area contributed by atoms with Crippen molar-refractivity contribution in [3.05, 3.63) is 30.3 Å². The number of benzene rings is 1. The van der Waals surface area contributed by atoms with Crippen LogP contribution < -0.4 is 10.4 Å². The first-order valence-electron chi connectivity index (χ1n) is 7.63. The van der Waals surface area contributed by atoms with Crippen LogP contribution in [0.2, 0.25) is 0 Å². The van der Waals surface area contributed by atoms with E-state index in [1.54, 1.807) is 0 Å². The molecule has 3 heteroatoms. The maximum atomic E-state index is 5.81. The molecule has 0 unspecified atom stereocenters. The Morgan fingerprint density at radius 3 is 2.32 bits per heavy atom. The van der Waals surface area contributed by atoms with Crippen LogP contribution in [0.5, 0.6) is 0 Å². The lowest BCUT2D eigenvalue weighted by molar-refractivity contribution is -0.0438. The second kappa shape index (κ2) is 6.40. The molecule has 0 atom stereocenters. The third-order valence-electron chi connectivity index (χ3n) is 4.32. The number of anilines is 1. The van der Waals surface area contributed by atoms with E-state index in [-0.39, 0.29) is 0 Å². The van der Waals surface area contributed by atoms with E-state index in [1.807, 2.05) is 0 Å². The molecular formula is C16H24N2O. The summed E-state index contributed by atoms with van der Waals surface area (Å²) < 4.78 is 0. The Hall–Kier alpha value is -1.06. The van der Waals surface area contributed by atoms with E-state index in [0.29, 0.717) is 12.1 Å². The van der Waals surface area contributed by atoms with Crippen molar-refractivity contribution in [1.82, 2.24) is 5.48 Å². The molecule has 1 aliphatic carbocycles. The summed E-state index contributed by atoms with van der Waals surface area (Å²) in [6, 6.07) is 11.2. The number of nitrogens with one attached hydrogen (secondary N) is 1. The Kier molecular flexibility index (Phi) is 4.36. The number of hydrogen-bond acceptors (Lipinski definition) is 3. The van der Waals surface area contributed by atoms with E-state index in [4.69, 9.17) is 4.84 Å². The zero-order valence-corrected chi connectivity index (χ0v) is 11.6. The lowest BCUT2D eigenvalue weighted by Crippen LogP contribution is -2.43. The summed E-state index contributed by atoms with van der Waals surface area (Å²) in [4.78, 5) is 8.28. The van der Waals surface area contributed by atoms with Gasteiger partial charge < -0.3 is 4.90 Å². The molecule has 0 bridgehead atoms. The second-order valence-corrected chi connectivity index (χ2v) is 5.74. The molecule has 2 fully saturated rings. The first-order valence-corrected chi connectivity index (χ1v) is 7.63. The van der Waals surface area contributed by atoms with Gasteiger partial charge in [-0.05, 0) is 37.8 Å². The van der Waals surface area contributed by atoms with Crippen molar-refractivity contribution in [3.8, 4) is 0 Å². The molecule has 1 N–H and O–H groups in total. The maximum Gasteiger partial charge on any atom is 0.0790 e. The number of para-hydroxylation sites is 1. The molecule has 1 heterocycles. The second-order valence-electron chi connectivity index (χ2n) is 5.74. The first kappa shape index (κ1) is 12.9. The van der Waals surface area contributed by atoms with Crippen LogP contribution in [0.15, 0.2) is 30.3 Å². The van der Waals surface area contributed by atoms with Crippen molar-refractivity contribution in [2.45, 2.75) is 50.7 Å². The van der Waals surface area contributed by atoms with Crippen molar-refractivity contribution < 1.29 is 4.84 Å². The zero-order chi connectivity index (χ0) is 12.9. The number of nitrogens with zero attached hydrogens (tertiary/aromatic N) is 1. The first-order chi connectivity index (χ1) is 9.42. The van der Waals surface area contributed by atoms with Crippen LogP contribution >= 0.6 is 0 Å². The van der Waals surface area contributed by atoms with Crippen LogP contribution in [-0.4, -0.2) is 25.2 Å². The van der Waals surface area contributed by atoms with Crippen LogP contribution in [0, 0.1) is 0 Å². The van der Waals surface area contributed by atoms with Crippen LogP contribution in [0.3, 0.4) is 0 Å². The highest BCUT2D eigenvalue weighted by molar-refractivity contribution is 5.46. The van der Waals surface area contributed by atoms with Crippen LogP contribution in [-0.2, 0) is 4.84 Å². The minimum absolute atomic E-state index is 0.465. The Morgan fingerprint density at radius 2 is 1.63 bits per heavy atom. The third kappa shape index (κ3) is 3.48. The molecule has 1 saturated carbocycles. The van der Waals surface area contributed by atoms with Gasteiger partial charge in [-0.1, -0.05) is 31.0 Å². The fourth-order valence-electron chi connectivity index (χ4n) is 3.09. The molecule has 1 aromatic rings. The number of rotatable bonds is 4. The lowest BCUT2D eigenvalue weighted by Gasteiger charge is -2.34. The average molecular weight is 260 g/mol. The van der Waals surface area contributed by atoms with E-state index in [2.05, 4.69) is 40.7 Å². The molecule has 0 amide bonds. The molecular weight excluding hydrogens is 236 g/mol. The molecule has 1 aromatic carbocycles. The maximum absolute atomic E-state index is 5.81. The highest BCUT2D eigenvalue weighted by Gasteiger charge is 2.22. The third-order valence-corrected chi connectivity index (χ3v) is 4.32. The summed E-state index contributed by atoms with van der Waals surface area (Å²) in [5.41, 5.74) is 4.65. The number of piperidine rings is 1. The smallest absolute Gasteiger partial charge is 0.0790 e. The van der Waals surface area contributed by atoms with Crippen molar-refractivity contribution >= 4 is 5.69 Å². The van der Waals surface area contributed by atoms with Gasteiger partial charge in [-0.15, -0.1) is 0 Å². The van der Waals surface area contributed by atoms with Gasteiger partial charge in [0.25, 0.3) is 0 Å². The largest absolute Gasteiger partial charge is 0.371 e. The topological polar surface area (TPSA) is 24.5 Å². The number of hydrogen-bond donors (Lipinski definition) is 1. The van der Waals surface area contributed by atoms with Crippen molar-refractivity contribution in [2.75, 3.05) is 18.0 Å². The van der Waals surface area contributed by atoms with Crippen LogP contribution in [0.1, 0.15) is 38.5 Å². The van der Waals surface area contributed by atoms with Gasteiger partial charge in [0, 0.05) is 24.8 Å². The standard InChI is InChI=1S/C16H24N2O/c1-2-6-15(7-3-1)18-12-10-14(11-13-18)17-19-16-8-4-5-9-16/h1-3,6-7,14,16-17H,4-5,8-13H2. The summed E-state index contributed by atoms with van der Waals surface area (Å²) in [5.74, 6) is 0. The molecule has 1 saturated heterocycles. The van der Waals surface area contributed by atoms with Gasteiger partial charge in [0.1, 0.15) is 0 Å². The van der Waals surface area contributed by atoms with Gasteiger partial charge in [0.2, 0.25) is 0 Å². The minimum atomic E-state index is 0.465. The Morgan fingerprint density at radius 1 is 0.947 bits per heavy atom. The molecule has 3 nitrogen and oxygen atoms in total. The van der Waals surface area contributed by atoms with Gasteiger partial charge in [-0.3, -0.25) is 4.84 Å². The molecule has 0 spiro atoms. The molecule has 0 aromatic heterocycles. The summed E-state index contributed by atoms with van der Waals surface area (Å²) in [7, 11) is 0. The van der Waals surface area contributed by atoms with Gasteiger partial charge in [-0.25, -0.2) is 0 Å². The van der Waals surface area contributed by atoms with E-state index in [0.717, 1.165) is 13.1 Å². The Balaban J connectivity index is 1.42. The lowest BCUT2D eigenvalue weighted by atomic mass is 10.1. The molecule has 2 aliphatic rings. The van der Waals surface area contributed by atoms with Crippen LogP contribution in [0.25, 0.3) is 0 Å². The van der Waals surface area contributed by atoms with Crippen LogP contribution in [0.4, 0.5) is 5.69 Å². The summed E-state index contributed by atoms with van der Waals surface area (Å²) in [6.07, 6.45) is 7.93. The molecule has 104 valence electrons. The summed E-state index contributed by atoms with van der Waals surface area (Å²) in [5, 5.41) is 0. The molecule has 3 rings (SSSR count). The van der Waals surface area contributed by atoms with Crippen molar-refractivity contribution in [3.63, 3.8) is 0 Å². The SMILES string of the molecule is c1ccc(N2CCC(NOC3CCCC3)CC2)cc1. The summed E-state index contributed by atoms with van der Waals surface area (Å²) in [6.45, 7) is 2.24. The van der Waals surface area contributed by atoms with E-state index in [9.17, 15) is 0 Å². The zero-order valence-electron chi connectivity index (χ0n) is 11.6. The van der Waals surface area contributed by atoms with E-state index in [1.165, 1.54) is 44.2 Å². The minimum Gasteiger partial charge on any atom is -0.371 e. The van der Waals surface area contributed by atoms with Crippen molar-refractivity contribution in [2.24, 2.45) is 0 Å². The average Bonchev–Trinajstić information content (AvgIpc) is 3.00. The highest BCUT2D eigenvalue weighted by Crippen LogP contribution is 2.22. The normalized spacial score (nSPS) is 22.0. The predicted octanol–water partition coefficient (Wildman–Crippen LogP) is 3.12. The Labute approximate surface area is 115 Å². The Bertz CT molecular complexity index is 368. The molecule has 19 heavy (non-hydrogen) atoms. The monoisotopic (exact) mass is 260 g/mol. The fraction of sp³-hybridized carbons (Fsp3) is 0.625. The van der Waals surface area contributed by atoms with E-state index >= 15 is 0 Å². The van der Waals surface area contributed by atoms with Gasteiger partial charge >= 0.3 is 0 Å². The number of hydroxylamine groups is 1. The predicted molar refractivity (Wildman–Crippen MR) is 78.2 cm³/mol. The van der Waals surface area contributed by atoms with Gasteiger partial charge in [0.05, 0.1) is 6.10 Å². The highest BCUT2D eigenvalue weighted by atomic mass is 16.7. The fourth-order valence-corrected chi connectivity index (χ4v) is 3.09.